The number of hydrogen-bond donors (Lipinski definition) is 1. The Balaban J connectivity index is 3.12. The average molecular weight is 438 g/mol. The summed E-state index contributed by atoms with van der Waals surface area (Å²) in [5.74, 6) is 0. The quantitative estimate of drug-likeness (QED) is 0.362. The molecule has 33 heavy (non-hydrogen) atoms. The molecule has 1 aliphatic rings. The van der Waals surface area contributed by atoms with Crippen molar-refractivity contribution in [3.05, 3.63) is 113 Å². The van der Waals surface area contributed by atoms with Crippen molar-refractivity contribution in [2.75, 3.05) is 4.90 Å². The zero-order valence-corrected chi connectivity index (χ0v) is 21.5. The maximum Gasteiger partial charge on any atom is 0.142 e. The summed E-state index contributed by atoms with van der Waals surface area (Å²) >= 11 is 0. The fourth-order valence-corrected chi connectivity index (χ4v) is 4.84. The topological polar surface area (TPSA) is 29.3 Å². The number of anilines is 1. The molecule has 1 aliphatic heterocycles. The first-order valence-corrected chi connectivity index (χ1v) is 11.7. The molecule has 1 aromatic rings. The van der Waals surface area contributed by atoms with E-state index in [0.29, 0.717) is 6.04 Å². The third-order valence-electron chi connectivity index (χ3n) is 6.55. The second kappa shape index (κ2) is 11.1. The number of rotatable bonds is 8. The fourth-order valence-electron chi connectivity index (χ4n) is 4.84. The van der Waals surface area contributed by atoms with Crippen LogP contribution in [0.25, 0.3) is 11.1 Å². The average Bonchev–Trinajstić information content (AvgIpc) is 3.13. The van der Waals surface area contributed by atoms with Gasteiger partial charge < -0.3 is 10.6 Å². The van der Waals surface area contributed by atoms with Crippen LogP contribution in [0, 0.1) is 13.8 Å². The summed E-state index contributed by atoms with van der Waals surface area (Å²) in [4.78, 5) is 2.44. The van der Waals surface area contributed by atoms with Crippen molar-refractivity contribution in [3.8, 4) is 0 Å². The minimum absolute atomic E-state index is 0.296. The van der Waals surface area contributed by atoms with Gasteiger partial charge in [0.05, 0.1) is 5.69 Å². The number of allylic oxidation sites excluding steroid dienone is 11. The smallest absolute Gasteiger partial charge is 0.142 e. The van der Waals surface area contributed by atoms with Crippen LogP contribution in [-0.4, -0.2) is 13.9 Å². The zero-order valence-electron chi connectivity index (χ0n) is 21.5. The normalized spacial score (nSPS) is 17.5. The molecule has 0 aliphatic carbocycles. The van der Waals surface area contributed by atoms with E-state index in [-0.39, 0.29) is 0 Å². The van der Waals surface area contributed by atoms with Crippen LogP contribution in [0.5, 0.6) is 0 Å². The van der Waals surface area contributed by atoms with Gasteiger partial charge in [0, 0.05) is 28.6 Å². The van der Waals surface area contributed by atoms with Gasteiger partial charge in [0.1, 0.15) is 7.85 Å². The van der Waals surface area contributed by atoms with Gasteiger partial charge in [-0.25, -0.2) is 0 Å². The van der Waals surface area contributed by atoms with Crippen LogP contribution < -0.4 is 10.6 Å². The van der Waals surface area contributed by atoms with E-state index in [1.54, 1.807) is 6.08 Å². The number of fused-ring (bicyclic) bond motifs is 1. The number of hydrogen-bond acceptors (Lipinski definition) is 2. The fraction of sp³-hybridized carbons (Fsp3) is 0.267. The van der Waals surface area contributed by atoms with Gasteiger partial charge in [0.2, 0.25) is 0 Å². The Labute approximate surface area is 202 Å². The lowest BCUT2D eigenvalue weighted by atomic mass is 9.83. The molecule has 2 rings (SSSR count). The molecule has 0 saturated carbocycles. The number of nitrogens with zero attached hydrogens (tertiary/aromatic N) is 1. The Bertz CT molecular complexity index is 1120. The van der Waals surface area contributed by atoms with Gasteiger partial charge in [0.15, 0.2) is 0 Å². The monoisotopic (exact) mass is 438 g/mol. The summed E-state index contributed by atoms with van der Waals surface area (Å²) in [6.45, 7) is 25.3. The van der Waals surface area contributed by atoms with Gasteiger partial charge >= 0.3 is 0 Å². The molecule has 0 unspecified atom stereocenters. The van der Waals surface area contributed by atoms with E-state index in [0.717, 1.165) is 40.1 Å². The lowest BCUT2D eigenvalue weighted by molar-refractivity contribution is 0.737. The lowest BCUT2D eigenvalue weighted by Crippen LogP contribution is -2.29. The maximum atomic E-state index is 6.51. The molecule has 0 aromatic heterocycles. The first-order valence-electron chi connectivity index (χ1n) is 11.7. The predicted octanol–water partition coefficient (Wildman–Crippen LogP) is 6.68. The molecule has 0 saturated heterocycles. The molecule has 1 heterocycles. The second-order valence-corrected chi connectivity index (χ2v) is 8.59. The van der Waals surface area contributed by atoms with Gasteiger partial charge in [-0.15, -0.1) is 0 Å². The predicted molar refractivity (Wildman–Crippen MR) is 152 cm³/mol. The molecule has 1 atom stereocenters. The molecular formula is C30H39BN2. The summed E-state index contributed by atoms with van der Waals surface area (Å²) in [5, 5.41) is 0. The van der Waals surface area contributed by atoms with Crippen molar-refractivity contribution >= 4 is 24.7 Å². The van der Waals surface area contributed by atoms with Crippen LogP contribution in [0.3, 0.4) is 0 Å². The highest BCUT2D eigenvalue weighted by Crippen LogP contribution is 2.48. The lowest BCUT2D eigenvalue weighted by Gasteiger charge is -2.32. The Morgan fingerprint density at radius 3 is 2.24 bits per heavy atom. The Kier molecular flexibility index (Phi) is 8.76. The number of nitrogens with two attached hydrogens (primary N) is 1. The van der Waals surface area contributed by atoms with E-state index in [1.165, 1.54) is 27.9 Å². The van der Waals surface area contributed by atoms with Crippen LogP contribution >= 0.6 is 0 Å². The molecule has 0 amide bonds. The van der Waals surface area contributed by atoms with Gasteiger partial charge in [0.25, 0.3) is 0 Å². The molecule has 0 fully saturated rings. The minimum Gasteiger partial charge on any atom is -0.399 e. The van der Waals surface area contributed by atoms with Crippen molar-refractivity contribution in [1.29, 1.82) is 0 Å². The summed E-state index contributed by atoms with van der Waals surface area (Å²) in [6, 6.07) is 0.296. The Morgan fingerprint density at radius 1 is 1.06 bits per heavy atom. The van der Waals surface area contributed by atoms with E-state index in [1.807, 2.05) is 45.1 Å². The van der Waals surface area contributed by atoms with Crippen molar-refractivity contribution in [3.63, 3.8) is 0 Å². The van der Waals surface area contributed by atoms with E-state index < -0.39 is 0 Å². The molecule has 172 valence electrons. The van der Waals surface area contributed by atoms with Crippen LogP contribution in [-0.2, 0) is 6.42 Å². The summed E-state index contributed by atoms with van der Waals surface area (Å²) < 4.78 is 0. The van der Waals surface area contributed by atoms with E-state index >= 15 is 0 Å². The van der Waals surface area contributed by atoms with Crippen molar-refractivity contribution < 1.29 is 0 Å². The molecule has 0 radical (unpaired) electrons. The largest absolute Gasteiger partial charge is 0.399 e. The molecule has 2 nitrogen and oxygen atoms in total. The third-order valence-corrected chi connectivity index (χ3v) is 6.55. The minimum atomic E-state index is 0.296. The highest BCUT2D eigenvalue weighted by atomic mass is 15.2. The van der Waals surface area contributed by atoms with Crippen LogP contribution in [0.4, 0.5) is 5.69 Å². The molecular weight excluding hydrogens is 399 g/mol. The molecule has 2 N–H and O–H groups in total. The standard InChI is InChI=1S/C30H39BN2/c1-10-15-17-19(6)28-29(23(12-3)26(32)13-4)22(9)21(8)24-18-20(7)33(30(24)28)27(14-5)25(31)16-11-2/h10-17,20H,1,5-6,18,31-32H2,2-4,7-9H3/b16-11-,17-15-,23-12+,26-13+,27-25-/t20-/m0/s1. The molecule has 0 bridgehead atoms. The van der Waals surface area contributed by atoms with Gasteiger partial charge in [-0.2, -0.15) is 0 Å². The third kappa shape index (κ3) is 4.78. The van der Waals surface area contributed by atoms with Crippen LogP contribution in [0.2, 0.25) is 0 Å². The summed E-state index contributed by atoms with van der Waals surface area (Å²) in [5.41, 5.74) is 19.0. The highest BCUT2D eigenvalue weighted by molar-refractivity contribution is 6.24. The second-order valence-electron chi connectivity index (χ2n) is 8.59. The Morgan fingerprint density at radius 2 is 1.73 bits per heavy atom. The summed E-state index contributed by atoms with van der Waals surface area (Å²) in [6.07, 6.45) is 17.0. The van der Waals surface area contributed by atoms with Crippen molar-refractivity contribution in [2.45, 2.75) is 54.0 Å². The highest BCUT2D eigenvalue weighted by Gasteiger charge is 2.35. The van der Waals surface area contributed by atoms with Crippen LogP contribution in [0.15, 0.2) is 85.2 Å². The van der Waals surface area contributed by atoms with E-state index in [4.69, 9.17) is 5.73 Å². The molecule has 0 spiro atoms. The van der Waals surface area contributed by atoms with Gasteiger partial charge in [-0.3, -0.25) is 0 Å². The van der Waals surface area contributed by atoms with Gasteiger partial charge in [-0.1, -0.05) is 67.7 Å². The van der Waals surface area contributed by atoms with Crippen molar-refractivity contribution in [1.82, 2.24) is 0 Å². The van der Waals surface area contributed by atoms with E-state index in [2.05, 4.69) is 71.5 Å². The van der Waals surface area contributed by atoms with Crippen LogP contribution in [0.1, 0.15) is 55.5 Å². The molecule has 1 aromatic carbocycles. The Hall–Kier alpha value is -3.20. The van der Waals surface area contributed by atoms with E-state index in [9.17, 15) is 0 Å². The number of benzene rings is 1. The van der Waals surface area contributed by atoms with Crippen molar-refractivity contribution in [2.24, 2.45) is 5.73 Å². The zero-order chi connectivity index (χ0) is 24.9. The SMILES string of the molecule is BC(/C=C\C)=C(/C=C)N1c2c(c(C)c(C)c(C(=C/C)/C(N)=C\C)c2C(=C)/C=C\C=C)C[C@@H]1C. The summed E-state index contributed by atoms with van der Waals surface area (Å²) in [7, 11) is 2.14. The first-order chi connectivity index (χ1) is 15.7. The maximum absolute atomic E-state index is 6.51. The molecule has 3 heteroatoms. The first kappa shape index (κ1) is 26.1. The van der Waals surface area contributed by atoms with Gasteiger partial charge in [-0.05, 0) is 81.9 Å².